The van der Waals surface area contributed by atoms with Gasteiger partial charge >= 0.3 is 0 Å². The van der Waals surface area contributed by atoms with Crippen LogP contribution >= 0.6 is 0 Å². The molecule has 3 nitrogen and oxygen atoms in total. The van der Waals surface area contributed by atoms with Gasteiger partial charge in [-0.25, -0.2) is 0 Å². The maximum atomic E-state index is 9.07. The first kappa shape index (κ1) is 24.7. The molecule has 5 aromatic rings. The predicted molar refractivity (Wildman–Crippen MR) is 143 cm³/mol. The lowest BCUT2D eigenvalue weighted by Gasteiger charge is -2.14. The van der Waals surface area contributed by atoms with Crippen molar-refractivity contribution in [3.63, 3.8) is 0 Å². The molecule has 5 aromatic carbocycles. The summed E-state index contributed by atoms with van der Waals surface area (Å²) in [5, 5.41) is 23.6. The van der Waals surface area contributed by atoms with E-state index >= 15 is 0 Å². The number of fused-ring (bicyclic) bond motifs is 2. The quantitative estimate of drug-likeness (QED) is 0.268. The fourth-order valence-electron chi connectivity index (χ4n) is 3.84. The minimum atomic E-state index is 0.202. The second-order valence-corrected chi connectivity index (χ2v) is 7.98. The van der Waals surface area contributed by atoms with Gasteiger partial charge in [-0.3, -0.25) is 0 Å². The van der Waals surface area contributed by atoms with Crippen molar-refractivity contribution in [2.24, 2.45) is 0 Å². The molecule has 2 N–H and O–H groups in total. The fourth-order valence-corrected chi connectivity index (χ4v) is 3.84. The van der Waals surface area contributed by atoms with Gasteiger partial charge in [-0.1, -0.05) is 76.2 Å². The van der Waals surface area contributed by atoms with Crippen LogP contribution in [0.15, 0.2) is 103 Å². The molecule has 0 saturated heterocycles. The van der Waals surface area contributed by atoms with Crippen molar-refractivity contribution in [3.8, 4) is 23.0 Å². The van der Waals surface area contributed by atoms with Gasteiger partial charge in [-0.05, 0) is 87.6 Å². The number of rotatable bonds is 3. The van der Waals surface area contributed by atoms with Gasteiger partial charge in [0, 0.05) is 0 Å². The number of hydrogen-bond donors (Lipinski definition) is 2. The number of aromatic hydroxyl groups is 2. The van der Waals surface area contributed by atoms with Crippen molar-refractivity contribution in [3.05, 3.63) is 109 Å². The van der Waals surface area contributed by atoms with Crippen LogP contribution in [0.2, 0.25) is 0 Å². The molecule has 34 heavy (non-hydrogen) atoms. The van der Waals surface area contributed by atoms with Crippen LogP contribution < -0.4 is 4.74 Å². The Kier molecular flexibility index (Phi) is 8.53. The van der Waals surface area contributed by atoms with Crippen molar-refractivity contribution in [1.82, 2.24) is 0 Å². The summed E-state index contributed by atoms with van der Waals surface area (Å²) >= 11 is 0. The second-order valence-electron chi connectivity index (χ2n) is 7.98. The van der Waals surface area contributed by atoms with E-state index in [0.29, 0.717) is 17.4 Å². The van der Waals surface area contributed by atoms with Crippen LogP contribution in [-0.2, 0) is 0 Å². The van der Waals surface area contributed by atoms with Crippen molar-refractivity contribution in [2.45, 2.75) is 33.6 Å². The second kappa shape index (κ2) is 11.8. The Morgan fingerprint density at radius 1 is 0.559 bits per heavy atom. The lowest BCUT2D eigenvalue weighted by Crippen LogP contribution is -1.92. The van der Waals surface area contributed by atoms with Gasteiger partial charge in [0.15, 0.2) is 0 Å². The molecule has 0 saturated carbocycles. The topological polar surface area (TPSA) is 49.7 Å². The van der Waals surface area contributed by atoms with E-state index in [9.17, 15) is 0 Å². The monoisotopic (exact) mass is 452 g/mol. The van der Waals surface area contributed by atoms with E-state index in [1.165, 1.54) is 27.1 Å². The number of phenolic OH excluding ortho intramolecular Hbond substituents is 2. The first-order valence-electron chi connectivity index (χ1n) is 11.7. The van der Waals surface area contributed by atoms with E-state index in [0.717, 1.165) is 0 Å². The highest BCUT2D eigenvalue weighted by atomic mass is 16.5. The molecular weight excluding hydrogens is 420 g/mol. The average Bonchev–Trinajstić information content (AvgIpc) is 2.86. The summed E-state index contributed by atoms with van der Waals surface area (Å²) in [6, 6.07) is 32.5. The highest BCUT2D eigenvalue weighted by Gasteiger charge is 2.09. The normalized spacial score (nSPS) is 10.3. The van der Waals surface area contributed by atoms with E-state index in [1.807, 2.05) is 13.8 Å². The average molecular weight is 453 g/mol. The molecule has 0 spiro atoms. The lowest BCUT2D eigenvalue weighted by molar-refractivity contribution is 0.459. The molecule has 0 unspecified atom stereocenters. The Labute approximate surface area is 201 Å². The van der Waals surface area contributed by atoms with Crippen LogP contribution in [0.1, 0.15) is 39.2 Å². The molecule has 0 heterocycles. The first-order valence-corrected chi connectivity index (χ1v) is 11.7. The third kappa shape index (κ3) is 6.08. The molecule has 174 valence electrons. The fraction of sp³-hybridized carbons (Fsp3) is 0.161. The number of benzene rings is 5. The SMILES string of the molecule is CC.CC(C)c1c2ccccc2cc2ccccc12.Oc1ccc(Oc2ccc(O)cc2)cc1. The Hall–Kier alpha value is -3.98. The third-order valence-electron chi connectivity index (χ3n) is 5.30. The maximum Gasteiger partial charge on any atom is 0.127 e. The van der Waals surface area contributed by atoms with Crippen LogP contribution in [0.3, 0.4) is 0 Å². The van der Waals surface area contributed by atoms with Crippen LogP contribution in [-0.4, -0.2) is 10.2 Å². The number of hydrogen-bond acceptors (Lipinski definition) is 3. The van der Waals surface area contributed by atoms with E-state index in [2.05, 4.69) is 68.4 Å². The van der Waals surface area contributed by atoms with Crippen LogP contribution in [0.5, 0.6) is 23.0 Å². The molecule has 0 aliphatic rings. The minimum absolute atomic E-state index is 0.202. The molecule has 0 aliphatic heterocycles. The molecule has 0 aromatic heterocycles. The van der Waals surface area contributed by atoms with E-state index < -0.39 is 0 Å². The zero-order valence-electron chi connectivity index (χ0n) is 20.2. The molecule has 0 aliphatic carbocycles. The molecule has 0 fully saturated rings. The van der Waals surface area contributed by atoms with Crippen molar-refractivity contribution in [1.29, 1.82) is 0 Å². The summed E-state index contributed by atoms with van der Waals surface area (Å²) in [6.07, 6.45) is 0. The molecule has 3 heteroatoms. The minimum Gasteiger partial charge on any atom is -0.508 e. The van der Waals surface area contributed by atoms with E-state index in [-0.39, 0.29) is 11.5 Å². The van der Waals surface area contributed by atoms with Crippen LogP contribution in [0, 0.1) is 0 Å². The highest BCUT2D eigenvalue weighted by Crippen LogP contribution is 2.33. The van der Waals surface area contributed by atoms with Gasteiger partial charge in [-0.2, -0.15) is 0 Å². The van der Waals surface area contributed by atoms with E-state index in [4.69, 9.17) is 14.9 Å². The molecule has 0 atom stereocenters. The molecule has 5 rings (SSSR count). The summed E-state index contributed by atoms with van der Waals surface area (Å²) in [4.78, 5) is 0. The summed E-state index contributed by atoms with van der Waals surface area (Å²) in [6.45, 7) is 8.54. The van der Waals surface area contributed by atoms with Crippen molar-refractivity contribution in [2.75, 3.05) is 0 Å². The smallest absolute Gasteiger partial charge is 0.127 e. The van der Waals surface area contributed by atoms with Crippen LogP contribution in [0.4, 0.5) is 0 Å². The molecule has 0 amide bonds. The Balaban J connectivity index is 0.000000179. The molecule has 0 bridgehead atoms. The molecule has 0 radical (unpaired) electrons. The summed E-state index contributed by atoms with van der Waals surface area (Å²) in [5.74, 6) is 2.23. The Bertz CT molecular complexity index is 1220. The summed E-state index contributed by atoms with van der Waals surface area (Å²) in [5.41, 5.74) is 1.47. The van der Waals surface area contributed by atoms with Gasteiger partial charge in [0.2, 0.25) is 0 Å². The van der Waals surface area contributed by atoms with Gasteiger partial charge in [0.05, 0.1) is 0 Å². The number of ether oxygens (including phenoxy) is 1. The standard InChI is InChI=1S/C17H16.C12H10O3.C2H6/c1-12(2)17-15-9-5-3-7-13(15)11-14-8-4-6-10-16(14)17;13-9-1-5-11(6-2-9)15-12-7-3-10(14)4-8-12;1-2/h3-12H,1-2H3;1-8,13-14H;1-2H3. The van der Waals surface area contributed by atoms with Crippen LogP contribution in [0.25, 0.3) is 21.5 Å². The lowest BCUT2D eigenvalue weighted by atomic mass is 9.90. The highest BCUT2D eigenvalue weighted by molar-refractivity contribution is 6.02. The zero-order chi connectivity index (χ0) is 24.5. The predicted octanol–water partition coefficient (Wildman–Crippen LogP) is 9.03. The largest absolute Gasteiger partial charge is 0.508 e. The molecular formula is C31H32O3. The van der Waals surface area contributed by atoms with Crippen molar-refractivity contribution >= 4 is 21.5 Å². The van der Waals surface area contributed by atoms with Gasteiger partial charge in [0.25, 0.3) is 0 Å². The summed E-state index contributed by atoms with van der Waals surface area (Å²) in [7, 11) is 0. The van der Waals surface area contributed by atoms with Crippen molar-refractivity contribution < 1.29 is 14.9 Å². The van der Waals surface area contributed by atoms with Gasteiger partial charge in [-0.15, -0.1) is 0 Å². The number of phenols is 2. The first-order chi connectivity index (χ1) is 16.5. The summed E-state index contributed by atoms with van der Waals surface area (Å²) < 4.78 is 5.47. The van der Waals surface area contributed by atoms with Gasteiger partial charge in [0.1, 0.15) is 23.0 Å². The zero-order valence-corrected chi connectivity index (χ0v) is 20.2. The van der Waals surface area contributed by atoms with Gasteiger partial charge < -0.3 is 14.9 Å². The third-order valence-corrected chi connectivity index (χ3v) is 5.30. The Morgan fingerprint density at radius 3 is 1.32 bits per heavy atom. The van der Waals surface area contributed by atoms with E-state index in [1.54, 1.807) is 48.5 Å². The Morgan fingerprint density at radius 2 is 0.941 bits per heavy atom. The maximum absolute atomic E-state index is 9.07.